The smallest absolute Gasteiger partial charge is 0.224 e. The molecule has 0 radical (unpaired) electrons. The average Bonchev–Trinajstić information content (AvgIpc) is 2.46. The number of hydrogen-bond donors (Lipinski definition) is 3. The first-order valence-corrected chi connectivity index (χ1v) is 7.03. The van der Waals surface area contributed by atoms with Crippen LogP contribution < -0.4 is 16.0 Å². The molecule has 6 nitrogen and oxygen atoms in total. The topological polar surface area (TPSA) is 87.3 Å². The van der Waals surface area contributed by atoms with Crippen molar-refractivity contribution in [2.45, 2.75) is 40.0 Å². The van der Waals surface area contributed by atoms with Crippen LogP contribution in [-0.4, -0.2) is 17.7 Å². The number of carbonyl (C=O) groups is 3. The molecule has 0 aliphatic heterocycles. The minimum absolute atomic E-state index is 0.137. The number of amides is 3. The molecule has 0 fully saturated rings. The normalized spacial score (nSPS) is 9.86. The van der Waals surface area contributed by atoms with Crippen molar-refractivity contribution in [1.29, 1.82) is 0 Å². The molecule has 0 bridgehead atoms. The van der Waals surface area contributed by atoms with Gasteiger partial charge >= 0.3 is 0 Å². The second kappa shape index (κ2) is 8.04. The molecule has 0 saturated heterocycles. The highest BCUT2D eigenvalue weighted by atomic mass is 16.2. The van der Waals surface area contributed by atoms with E-state index < -0.39 is 0 Å². The van der Waals surface area contributed by atoms with Crippen LogP contribution in [-0.2, 0) is 14.4 Å². The molecule has 6 heteroatoms. The van der Waals surface area contributed by atoms with Crippen molar-refractivity contribution in [3.05, 3.63) is 18.2 Å². The molecule has 0 unspecified atom stereocenters. The Morgan fingerprint density at radius 1 is 0.667 bits per heavy atom. The van der Waals surface area contributed by atoms with Gasteiger partial charge in [-0.05, 0) is 18.2 Å². The molecule has 1 aromatic rings. The summed E-state index contributed by atoms with van der Waals surface area (Å²) in [6.07, 6.45) is 1.05. The van der Waals surface area contributed by atoms with E-state index in [-0.39, 0.29) is 17.7 Å². The molecule has 1 rings (SSSR count). The SMILES string of the molecule is CCC(=O)Nc1cc(NC(=O)CC)cc(NC(=O)CC)c1. The quantitative estimate of drug-likeness (QED) is 0.753. The number of hydrogen-bond acceptors (Lipinski definition) is 3. The summed E-state index contributed by atoms with van der Waals surface area (Å²) in [6.45, 7) is 5.24. The first-order valence-electron chi connectivity index (χ1n) is 7.03. The van der Waals surface area contributed by atoms with E-state index >= 15 is 0 Å². The Hall–Kier alpha value is -2.37. The zero-order valence-corrected chi connectivity index (χ0v) is 12.6. The Balaban J connectivity index is 3.03. The standard InChI is InChI=1S/C15H21N3O3/c1-4-13(19)16-10-7-11(17-14(20)5-2)9-12(8-10)18-15(21)6-3/h7-9H,4-6H2,1-3H3,(H,16,19)(H,17,20)(H,18,21). The Morgan fingerprint density at radius 3 is 1.10 bits per heavy atom. The zero-order valence-electron chi connectivity index (χ0n) is 12.6. The molecule has 0 aliphatic rings. The van der Waals surface area contributed by atoms with Gasteiger partial charge in [-0.3, -0.25) is 14.4 Å². The fraction of sp³-hybridized carbons (Fsp3) is 0.400. The highest BCUT2D eigenvalue weighted by Gasteiger charge is 2.07. The van der Waals surface area contributed by atoms with Crippen LogP contribution in [0.3, 0.4) is 0 Å². The van der Waals surface area contributed by atoms with E-state index in [4.69, 9.17) is 0 Å². The molecular weight excluding hydrogens is 270 g/mol. The predicted molar refractivity (Wildman–Crippen MR) is 83.2 cm³/mol. The maximum atomic E-state index is 11.5. The molecule has 0 aliphatic carbocycles. The van der Waals surface area contributed by atoms with Gasteiger partial charge in [0.05, 0.1) is 0 Å². The largest absolute Gasteiger partial charge is 0.326 e. The summed E-state index contributed by atoms with van der Waals surface area (Å²) in [5.41, 5.74) is 1.59. The number of anilines is 3. The monoisotopic (exact) mass is 291 g/mol. The summed E-state index contributed by atoms with van der Waals surface area (Å²) in [7, 11) is 0. The number of carbonyl (C=O) groups excluding carboxylic acids is 3. The van der Waals surface area contributed by atoms with Gasteiger partial charge in [-0.15, -0.1) is 0 Å². The van der Waals surface area contributed by atoms with Crippen LogP contribution >= 0.6 is 0 Å². The van der Waals surface area contributed by atoms with E-state index in [9.17, 15) is 14.4 Å². The first-order chi connectivity index (χ1) is 9.98. The van der Waals surface area contributed by atoms with E-state index in [0.717, 1.165) is 0 Å². The van der Waals surface area contributed by atoms with E-state index in [1.165, 1.54) is 0 Å². The van der Waals surface area contributed by atoms with Gasteiger partial charge in [0.25, 0.3) is 0 Å². The molecule has 3 N–H and O–H groups in total. The minimum Gasteiger partial charge on any atom is -0.326 e. The average molecular weight is 291 g/mol. The third-order valence-corrected chi connectivity index (χ3v) is 2.75. The molecule has 0 aromatic heterocycles. The van der Waals surface area contributed by atoms with E-state index in [2.05, 4.69) is 16.0 Å². The van der Waals surface area contributed by atoms with Crippen LogP contribution in [0, 0.1) is 0 Å². The van der Waals surface area contributed by atoms with E-state index in [0.29, 0.717) is 36.3 Å². The van der Waals surface area contributed by atoms with Crippen LogP contribution in [0.5, 0.6) is 0 Å². The summed E-state index contributed by atoms with van der Waals surface area (Å²) in [5.74, 6) is -0.412. The van der Waals surface area contributed by atoms with Crippen molar-refractivity contribution in [2.24, 2.45) is 0 Å². The second-order valence-corrected chi connectivity index (χ2v) is 4.50. The Labute approximate surface area is 124 Å². The van der Waals surface area contributed by atoms with Gasteiger partial charge in [0, 0.05) is 36.3 Å². The molecular formula is C15H21N3O3. The van der Waals surface area contributed by atoms with Crippen LogP contribution in [0.2, 0.25) is 0 Å². The third-order valence-electron chi connectivity index (χ3n) is 2.75. The summed E-state index contributed by atoms with van der Waals surface area (Å²) < 4.78 is 0. The molecule has 3 amide bonds. The highest BCUT2D eigenvalue weighted by molar-refractivity contribution is 5.97. The number of nitrogens with one attached hydrogen (secondary N) is 3. The van der Waals surface area contributed by atoms with E-state index in [1.54, 1.807) is 39.0 Å². The summed E-state index contributed by atoms with van der Waals surface area (Å²) in [5, 5.41) is 8.14. The van der Waals surface area contributed by atoms with Crippen molar-refractivity contribution in [3.63, 3.8) is 0 Å². The lowest BCUT2D eigenvalue weighted by molar-refractivity contribution is -0.116. The lowest BCUT2D eigenvalue weighted by Gasteiger charge is -2.12. The zero-order chi connectivity index (χ0) is 15.8. The minimum atomic E-state index is -0.137. The highest BCUT2D eigenvalue weighted by Crippen LogP contribution is 2.23. The molecule has 21 heavy (non-hydrogen) atoms. The van der Waals surface area contributed by atoms with Gasteiger partial charge in [-0.1, -0.05) is 20.8 Å². The fourth-order valence-corrected chi connectivity index (χ4v) is 1.59. The maximum absolute atomic E-state index is 11.5. The molecule has 114 valence electrons. The van der Waals surface area contributed by atoms with Crippen LogP contribution in [0.25, 0.3) is 0 Å². The van der Waals surface area contributed by atoms with Crippen molar-refractivity contribution in [2.75, 3.05) is 16.0 Å². The van der Waals surface area contributed by atoms with Crippen LogP contribution in [0.1, 0.15) is 40.0 Å². The molecule has 0 saturated carbocycles. The van der Waals surface area contributed by atoms with Crippen molar-refractivity contribution in [1.82, 2.24) is 0 Å². The van der Waals surface area contributed by atoms with Crippen molar-refractivity contribution < 1.29 is 14.4 Å². The van der Waals surface area contributed by atoms with Crippen LogP contribution in [0.15, 0.2) is 18.2 Å². The summed E-state index contributed by atoms with van der Waals surface area (Å²) >= 11 is 0. The van der Waals surface area contributed by atoms with Gasteiger partial charge in [0.15, 0.2) is 0 Å². The van der Waals surface area contributed by atoms with Gasteiger partial charge in [-0.25, -0.2) is 0 Å². The fourth-order valence-electron chi connectivity index (χ4n) is 1.59. The summed E-state index contributed by atoms with van der Waals surface area (Å²) in [6, 6.07) is 4.97. The van der Waals surface area contributed by atoms with Gasteiger partial charge in [0.2, 0.25) is 17.7 Å². The Morgan fingerprint density at radius 2 is 0.905 bits per heavy atom. The van der Waals surface area contributed by atoms with Gasteiger partial charge in [0.1, 0.15) is 0 Å². The number of rotatable bonds is 6. The van der Waals surface area contributed by atoms with Crippen molar-refractivity contribution >= 4 is 34.8 Å². The van der Waals surface area contributed by atoms with Gasteiger partial charge in [-0.2, -0.15) is 0 Å². The lowest BCUT2D eigenvalue weighted by Crippen LogP contribution is -2.14. The third kappa shape index (κ3) is 5.64. The molecule has 0 spiro atoms. The molecule has 0 heterocycles. The molecule has 0 atom stereocenters. The predicted octanol–water partition coefficient (Wildman–Crippen LogP) is 2.73. The number of benzene rings is 1. The molecule has 1 aromatic carbocycles. The summed E-state index contributed by atoms with van der Waals surface area (Å²) in [4.78, 5) is 34.4. The lowest BCUT2D eigenvalue weighted by atomic mass is 10.2. The van der Waals surface area contributed by atoms with Gasteiger partial charge < -0.3 is 16.0 Å². The Kier molecular flexibility index (Phi) is 6.39. The first kappa shape index (κ1) is 16.7. The maximum Gasteiger partial charge on any atom is 0.224 e. The second-order valence-electron chi connectivity index (χ2n) is 4.50. The Bertz CT molecular complexity index is 452. The van der Waals surface area contributed by atoms with E-state index in [1.807, 2.05) is 0 Å². The van der Waals surface area contributed by atoms with Crippen LogP contribution in [0.4, 0.5) is 17.1 Å². The van der Waals surface area contributed by atoms with Crippen molar-refractivity contribution in [3.8, 4) is 0 Å².